The number of H-pyrrole nitrogens is 1. The number of aromatic amines is 1. The summed E-state index contributed by atoms with van der Waals surface area (Å²) >= 11 is 0. The highest BCUT2D eigenvalue weighted by molar-refractivity contribution is 5.71. The first-order valence-electron chi connectivity index (χ1n) is 9.72. The molecular weight excluding hydrogens is 400 g/mol. The molecule has 2 aromatic heterocycles. The Kier molecular flexibility index (Phi) is 5.59. The van der Waals surface area contributed by atoms with E-state index in [1.54, 1.807) is 24.3 Å². The molecule has 31 heavy (non-hydrogen) atoms. The minimum absolute atomic E-state index is 0.00265. The number of para-hydroxylation sites is 1. The Balaban J connectivity index is 1.68. The summed E-state index contributed by atoms with van der Waals surface area (Å²) in [6.07, 6.45) is -0.963. The fourth-order valence-electron chi connectivity index (χ4n) is 3.15. The van der Waals surface area contributed by atoms with Crippen LogP contribution < -0.4 is 20.7 Å². The summed E-state index contributed by atoms with van der Waals surface area (Å²) in [5, 5.41) is 10.6. The summed E-state index contributed by atoms with van der Waals surface area (Å²) in [5.74, 6) is 1.13. The zero-order chi connectivity index (χ0) is 22.0. The van der Waals surface area contributed by atoms with Gasteiger partial charge < -0.3 is 14.6 Å². The van der Waals surface area contributed by atoms with Crippen LogP contribution in [0.3, 0.4) is 0 Å². The van der Waals surface area contributed by atoms with Crippen LogP contribution in [0.2, 0.25) is 0 Å². The average molecular weight is 422 g/mol. The second kappa shape index (κ2) is 8.49. The van der Waals surface area contributed by atoms with Crippen LogP contribution in [-0.2, 0) is 13.6 Å². The molecule has 4 aromatic rings. The lowest BCUT2D eigenvalue weighted by molar-refractivity contribution is 0.0915. The Bertz CT molecular complexity index is 1310. The fourth-order valence-corrected chi connectivity index (χ4v) is 3.15. The number of aliphatic hydroxyl groups is 1. The molecule has 0 bridgehead atoms. The molecule has 2 N–H and O–H groups in total. The number of nitrogens with one attached hydrogen (secondary N) is 1. The largest absolute Gasteiger partial charge is 0.491 e. The minimum atomic E-state index is -0.963. The third kappa shape index (κ3) is 4.36. The molecule has 1 atom stereocenters. The predicted molar refractivity (Wildman–Crippen MR) is 115 cm³/mol. The smallest absolute Gasteiger partial charge is 0.329 e. The molecule has 0 saturated carbocycles. The zero-order valence-corrected chi connectivity index (χ0v) is 17.1. The molecule has 0 spiro atoms. The monoisotopic (exact) mass is 422 g/mol. The molecule has 0 unspecified atom stereocenters. The van der Waals surface area contributed by atoms with Crippen molar-refractivity contribution < 1.29 is 14.6 Å². The van der Waals surface area contributed by atoms with Crippen molar-refractivity contribution in [1.29, 1.82) is 0 Å². The fraction of sp³-hybridized carbons (Fsp3) is 0.227. The number of fused-ring (bicyclic) bond motifs is 1. The number of hydrogen-bond acceptors (Lipinski definition) is 6. The van der Waals surface area contributed by atoms with Gasteiger partial charge in [-0.05, 0) is 31.2 Å². The number of rotatable bonds is 7. The lowest BCUT2D eigenvalue weighted by atomic mass is 10.2. The van der Waals surface area contributed by atoms with Gasteiger partial charge in [0.15, 0.2) is 11.2 Å². The number of nitrogens with zero attached hydrogens (tertiary/aromatic N) is 3. The standard InChI is InChI=1S/C22H22N4O5/c1-14-8-10-17(11-9-14)31-22-23-19-18(20(28)24-21(29)25(19)2)26(22)12-15(27)13-30-16-6-4-3-5-7-16/h3-11,15,27H,12-13H2,1-2H3,(H,24,28,29)/t15-/m1/s1. The van der Waals surface area contributed by atoms with Gasteiger partial charge in [-0.3, -0.25) is 18.9 Å². The Labute approximate surface area is 177 Å². The molecule has 2 heterocycles. The normalized spacial score (nSPS) is 12.1. The van der Waals surface area contributed by atoms with Crippen molar-refractivity contribution in [2.24, 2.45) is 7.05 Å². The molecule has 2 aromatic carbocycles. The molecule has 0 fully saturated rings. The Hall–Kier alpha value is -3.85. The zero-order valence-electron chi connectivity index (χ0n) is 17.1. The van der Waals surface area contributed by atoms with Gasteiger partial charge in [-0.2, -0.15) is 4.98 Å². The van der Waals surface area contributed by atoms with Crippen molar-refractivity contribution in [3.63, 3.8) is 0 Å². The van der Waals surface area contributed by atoms with Crippen LogP contribution in [0.4, 0.5) is 0 Å². The maximum absolute atomic E-state index is 12.5. The molecule has 4 rings (SSSR count). The van der Waals surface area contributed by atoms with Crippen LogP contribution in [0, 0.1) is 6.92 Å². The maximum atomic E-state index is 12.5. The molecule has 0 radical (unpaired) electrons. The first kappa shape index (κ1) is 20.4. The molecule has 0 aliphatic carbocycles. The third-order valence-electron chi connectivity index (χ3n) is 4.78. The summed E-state index contributed by atoms with van der Waals surface area (Å²) in [7, 11) is 1.50. The van der Waals surface area contributed by atoms with Crippen molar-refractivity contribution in [2.45, 2.75) is 19.6 Å². The molecule has 0 amide bonds. The van der Waals surface area contributed by atoms with Crippen molar-refractivity contribution in [3.8, 4) is 17.5 Å². The molecule has 0 aliphatic heterocycles. The third-order valence-corrected chi connectivity index (χ3v) is 4.78. The summed E-state index contributed by atoms with van der Waals surface area (Å²) in [4.78, 5) is 31.2. The Morgan fingerprint density at radius 2 is 1.77 bits per heavy atom. The number of ether oxygens (including phenoxy) is 2. The molecular formula is C22H22N4O5. The van der Waals surface area contributed by atoms with Crippen molar-refractivity contribution >= 4 is 11.2 Å². The van der Waals surface area contributed by atoms with E-state index in [1.807, 2.05) is 37.3 Å². The van der Waals surface area contributed by atoms with E-state index >= 15 is 0 Å². The first-order chi connectivity index (χ1) is 14.9. The SMILES string of the molecule is Cc1ccc(Oc2nc3c(c(=O)[nH]c(=O)n3C)n2C[C@@H](O)COc2ccccc2)cc1. The average Bonchev–Trinajstić information content (AvgIpc) is 3.11. The number of imidazole rings is 1. The van der Waals surface area contributed by atoms with Crippen LogP contribution in [0.15, 0.2) is 64.2 Å². The summed E-state index contributed by atoms with van der Waals surface area (Å²) in [5.41, 5.74) is 0.153. The van der Waals surface area contributed by atoms with Crippen LogP contribution in [0.25, 0.3) is 11.2 Å². The number of aryl methyl sites for hydroxylation is 2. The second-order valence-corrected chi connectivity index (χ2v) is 7.19. The van der Waals surface area contributed by atoms with Gasteiger partial charge in [0.2, 0.25) is 0 Å². The van der Waals surface area contributed by atoms with Gasteiger partial charge in [0, 0.05) is 7.05 Å². The summed E-state index contributed by atoms with van der Waals surface area (Å²) in [6.45, 7) is 1.93. The van der Waals surface area contributed by atoms with Gasteiger partial charge in [-0.15, -0.1) is 0 Å². The van der Waals surface area contributed by atoms with Gasteiger partial charge in [0.1, 0.15) is 24.2 Å². The summed E-state index contributed by atoms with van der Waals surface area (Å²) in [6, 6.07) is 16.5. The van der Waals surface area contributed by atoms with Gasteiger partial charge >= 0.3 is 11.7 Å². The quantitative estimate of drug-likeness (QED) is 0.471. The van der Waals surface area contributed by atoms with E-state index < -0.39 is 17.4 Å². The number of aromatic nitrogens is 4. The van der Waals surface area contributed by atoms with Crippen LogP contribution in [0.1, 0.15) is 5.56 Å². The predicted octanol–water partition coefficient (Wildman–Crippen LogP) is 1.96. The van der Waals surface area contributed by atoms with Gasteiger partial charge in [0.25, 0.3) is 5.56 Å². The topological polar surface area (TPSA) is 111 Å². The van der Waals surface area contributed by atoms with Crippen molar-refractivity contribution in [3.05, 3.63) is 81.0 Å². The highest BCUT2D eigenvalue weighted by Crippen LogP contribution is 2.24. The van der Waals surface area contributed by atoms with E-state index in [0.717, 1.165) is 5.56 Å². The van der Waals surface area contributed by atoms with Gasteiger partial charge in [-0.25, -0.2) is 4.79 Å². The Morgan fingerprint density at radius 1 is 1.06 bits per heavy atom. The highest BCUT2D eigenvalue weighted by Gasteiger charge is 2.21. The van der Waals surface area contributed by atoms with E-state index in [9.17, 15) is 14.7 Å². The van der Waals surface area contributed by atoms with Crippen molar-refractivity contribution in [2.75, 3.05) is 6.61 Å². The van der Waals surface area contributed by atoms with E-state index in [-0.39, 0.29) is 30.3 Å². The maximum Gasteiger partial charge on any atom is 0.329 e. The number of aliphatic hydroxyl groups excluding tert-OH is 1. The molecule has 0 saturated heterocycles. The molecule has 9 nitrogen and oxygen atoms in total. The Morgan fingerprint density at radius 3 is 2.48 bits per heavy atom. The lowest BCUT2D eigenvalue weighted by Crippen LogP contribution is -2.30. The van der Waals surface area contributed by atoms with Crippen molar-refractivity contribution in [1.82, 2.24) is 19.1 Å². The highest BCUT2D eigenvalue weighted by atomic mass is 16.5. The van der Waals surface area contributed by atoms with E-state index in [2.05, 4.69) is 9.97 Å². The van der Waals surface area contributed by atoms with E-state index in [4.69, 9.17) is 9.47 Å². The van der Waals surface area contributed by atoms with Gasteiger partial charge in [-0.1, -0.05) is 35.9 Å². The van der Waals surface area contributed by atoms with Crippen LogP contribution in [-0.4, -0.2) is 36.9 Å². The second-order valence-electron chi connectivity index (χ2n) is 7.19. The molecule has 9 heteroatoms. The minimum Gasteiger partial charge on any atom is -0.491 e. The van der Waals surface area contributed by atoms with Crippen LogP contribution in [0.5, 0.6) is 17.5 Å². The van der Waals surface area contributed by atoms with E-state index in [0.29, 0.717) is 11.5 Å². The number of benzene rings is 2. The van der Waals surface area contributed by atoms with Gasteiger partial charge in [0.05, 0.1) is 6.54 Å². The summed E-state index contributed by atoms with van der Waals surface area (Å²) < 4.78 is 14.2. The van der Waals surface area contributed by atoms with E-state index in [1.165, 1.54) is 16.2 Å². The first-order valence-corrected chi connectivity index (χ1v) is 9.72. The molecule has 160 valence electrons. The van der Waals surface area contributed by atoms with Crippen LogP contribution >= 0.6 is 0 Å². The number of hydrogen-bond donors (Lipinski definition) is 2. The molecule has 0 aliphatic rings. The lowest BCUT2D eigenvalue weighted by Gasteiger charge is -2.15.